The first-order chi connectivity index (χ1) is 13.6. The molecule has 0 atom stereocenters. The van der Waals surface area contributed by atoms with Crippen LogP contribution in [-0.4, -0.2) is 46.8 Å². The molecule has 8 heteroatoms. The van der Waals surface area contributed by atoms with E-state index in [0.29, 0.717) is 31.1 Å². The lowest BCUT2D eigenvalue weighted by atomic mass is 10.2. The molecule has 1 N–H and O–H groups in total. The van der Waals surface area contributed by atoms with Gasteiger partial charge in [0.1, 0.15) is 0 Å². The lowest BCUT2D eigenvalue weighted by Crippen LogP contribution is -2.37. The third-order valence-electron chi connectivity index (χ3n) is 4.69. The highest BCUT2D eigenvalue weighted by Crippen LogP contribution is 2.39. The smallest absolute Gasteiger partial charge is 0.295 e. The Bertz CT molecular complexity index is 1020. The second kappa shape index (κ2) is 8.22. The van der Waals surface area contributed by atoms with Crippen molar-refractivity contribution in [3.8, 4) is 5.88 Å². The van der Waals surface area contributed by atoms with E-state index in [1.807, 2.05) is 24.3 Å². The van der Waals surface area contributed by atoms with Crippen LogP contribution in [0.1, 0.15) is 10.4 Å². The first-order valence-electron chi connectivity index (χ1n) is 8.95. The number of morpholine rings is 1. The van der Waals surface area contributed by atoms with Crippen molar-refractivity contribution >= 4 is 38.4 Å². The molecule has 0 saturated carbocycles. The number of carbonyl (C=O) groups is 1. The number of benzene rings is 2. The third kappa shape index (κ3) is 3.84. The van der Waals surface area contributed by atoms with Crippen molar-refractivity contribution in [1.29, 1.82) is 0 Å². The minimum atomic E-state index is -0.461. The minimum Gasteiger partial charge on any atom is -0.493 e. The predicted octanol–water partition coefficient (Wildman–Crippen LogP) is 4.32. The number of carbonyl (C=O) groups excluding carboxylic acids is 1. The largest absolute Gasteiger partial charge is 0.493 e. The number of hydrogen-bond donors (Lipinski definition) is 1. The van der Waals surface area contributed by atoms with Crippen molar-refractivity contribution in [2.75, 3.05) is 26.3 Å². The summed E-state index contributed by atoms with van der Waals surface area (Å²) in [5.74, 6) is -0.461. The Balaban J connectivity index is 1.65. The van der Waals surface area contributed by atoms with Gasteiger partial charge in [-0.2, -0.15) is 0 Å². The molecule has 4 rings (SSSR count). The van der Waals surface area contributed by atoms with Crippen molar-refractivity contribution in [1.82, 2.24) is 9.47 Å². The number of hydrogen-bond acceptors (Lipinski definition) is 5. The lowest BCUT2D eigenvalue weighted by Gasteiger charge is -2.27. The van der Waals surface area contributed by atoms with E-state index in [0.717, 1.165) is 28.5 Å². The lowest BCUT2D eigenvalue weighted by molar-refractivity contribution is 0.0231. The molecule has 0 aliphatic carbocycles. The van der Waals surface area contributed by atoms with Gasteiger partial charge in [-0.25, -0.2) is 0 Å². The van der Waals surface area contributed by atoms with E-state index in [1.165, 1.54) is 0 Å². The van der Waals surface area contributed by atoms with Crippen molar-refractivity contribution in [2.45, 2.75) is 6.67 Å². The quantitative estimate of drug-likeness (QED) is 0.609. The standard InChI is InChI=1S/C20H19BrN4O3/c21-15-7-5-14(6-8-15)19(26)23-22-18-16-3-1-2-4-17(16)25(20(18)27)13-24-9-11-28-12-10-24/h1-8,27H,9-13H2. The first kappa shape index (κ1) is 18.8. The molecule has 0 radical (unpaired) electrons. The molecule has 0 bridgehead atoms. The van der Waals surface area contributed by atoms with Gasteiger partial charge in [0.2, 0.25) is 5.88 Å². The van der Waals surface area contributed by atoms with E-state index in [9.17, 15) is 9.90 Å². The number of ether oxygens (including phenoxy) is 1. The van der Waals surface area contributed by atoms with Crippen LogP contribution in [0, 0.1) is 0 Å². The van der Waals surface area contributed by atoms with Gasteiger partial charge < -0.3 is 9.84 Å². The van der Waals surface area contributed by atoms with Crippen LogP contribution in [0.15, 0.2) is 63.2 Å². The number of nitrogens with zero attached hydrogens (tertiary/aromatic N) is 4. The summed E-state index contributed by atoms with van der Waals surface area (Å²) in [5.41, 5.74) is 1.58. The van der Waals surface area contributed by atoms with Gasteiger partial charge in [-0.3, -0.25) is 14.3 Å². The monoisotopic (exact) mass is 442 g/mol. The normalized spacial score (nSPS) is 15.5. The summed E-state index contributed by atoms with van der Waals surface area (Å²) >= 11 is 3.34. The van der Waals surface area contributed by atoms with Crippen LogP contribution in [0.25, 0.3) is 10.9 Å². The van der Waals surface area contributed by atoms with E-state index in [-0.39, 0.29) is 5.88 Å². The number of amides is 1. The summed E-state index contributed by atoms with van der Waals surface area (Å²) in [7, 11) is 0. The summed E-state index contributed by atoms with van der Waals surface area (Å²) in [5, 5.41) is 19.5. The molecule has 0 unspecified atom stereocenters. The van der Waals surface area contributed by atoms with Crippen LogP contribution in [0.2, 0.25) is 0 Å². The highest BCUT2D eigenvalue weighted by molar-refractivity contribution is 9.10. The molecule has 1 aliphatic heterocycles. The molecule has 7 nitrogen and oxygen atoms in total. The molecule has 2 heterocycles. The molecule has 1 fully saturated rings. The Hall–Kier alpha value is -2.55. The van der Waals surface area contributed by atoms with Gasteiger partial charge in [0.25, 0.3) is 5.91 Å². The van der Waals surface area contributed by atoms with Crippen LogP contribution >= 0.6 is 15.9 Å². The zero-order chi connectivity index (χ0) is 19.5. The molecule has 1 aliphatic rings. The number of rotatable bonds is 4. The molecular formula is C20H19BrN4O3. The number of aromatic hydroxyl groups is 1. The summed E-state index contributed by atoms with van der Waals surface area (Å²) in [6.45, 7) is 3.46. The third-order valence-corrected chi connectivity index (χ3v) is 5.22. The zero-order valence-corrected chi connectivity index (χ0v) is 16.7. The summed E-state index contributed by atoms with van der Waals surface area (Å²) in [6.07, 6.45) is 0. The maximum Gasteiger partial charge on any atom is 0.295 e. The van der Waals surface area contributed by atoms with Gasteiger partial charge in [0.15, 0.2) is 5.69 Å². The molecule has 1 saturated heterocycles. The van der Waals surface area contributed by atoms with Crippen LogP contribution in [-0.2, 0) is 11.4 Å². The van der Waals surface area contributed by atoms with Crippen molar-refractivity contribution in [3.63, 3.8) is 0 Å². The van der Waals surface area contributed by atoms with Crippen LogP contribution in [0.3, 0.4) is 0 Å². The summed E-state index contributed by atoms with van der Waals surface area (Å²) < 4.78 is 8.06. The van der Waals surface area contributed by atoms with E-state index >= 15 is 0 Å². The molecule has 1 aromatic heterocycles. The predicted molar refractivity (Wildman–Crippen MR) is 109 cm³/mol. The fourth-order valence-electron chi connectivity index (χ4n) is 3.20. The Labute approximate surface area is 170 Å². The van der Waals surface area contributed by atoms with E-state index in [1.54, 1.807) is 28.8 Å². The summed E-state index contributed by atoms with van der Waals surface area (Å²) in [6, 6.07) is 14.5. The number of halogens is 1. The van der Waals surface area contributed by atoms with E-state index < -0.39 is 5.91 Å². The molecule has 1 amide bonds. The Morgan fingerprint density at radius 3 is 2.57 bits per heavy atom. The molecule has 2 aromatic carbocycles. The average Bonchev–Trinajstić information content (AvgIpc) is 2.99. The van der Waals surface area contributed by atoms with Crippen LogP contribution in [0.5, 0.6) is 5.88 Å². The fraction of sp³-hybridized carbons (Fsp3) is 0.250. The maximum atomic E-state index is 12.3. The van der Waals surface area contributed by atoms with Crippen molar-refractivity contribution in [3.05, 3.63) is 58.6 Å². The Morgan fingerprint density at radius 2 is 1.82 bits per heavy atom. The average molecular weight is 443 g/mol. The van der Waals surface area contributed by atoms with Crippen molar-refractivity contribution < 1.29 is 14.6 Å². The highest BCUT2D eigenvalue weighted by Gasteiger charge is 2.20. The van der Waals surface area contributed by atoms with Gasteiger partial charge in [-0.05, 0) is 30.3 Å². The Morgan fingerprint density at radius 1 is 1.11 bits per heavy atom. The second-order valence-corrected chi connectivity index (χ2v) is 7.42. The number of fused-ring (bicyclic) bond motifs is 1. The maximum absolute atomic E-state index is 12.3. The summed E-state index contributed by atoms with van der Waals surface area (Å²) in [4.78, 5) is 14.5. The van der Waals surface area contributed by atoms with Crippen LogP contribution < -0.4 is 0 Å². The molecular weight excluding hydrogens is 424 g/mol. The highest BCUT2D eigenvalue weighted by atomic mass is 79.9. The van der Waals surface area contributed by atoms with E-state index in [4.69, 9.17) is 4.74 Å². The van der Waals surface area contributed by atoms with Gasteiger partial charge in [-0.1, -0.05) is 34.1 Å². The SMILES string of the molecule is O=C(N=Nc1c(O)n(CN2CCOCC2)c2ccccc12)c1ccc(Br)cc1. The van der Waals surface area contributed by atoms with Gasteiger partial charge in [0, 0.05) is 28.5 Å². The zero-order valence-electron chi connectivity index (χ0n) is 15.1. The number of para-hydroxylation sites is 1. The van der Waals surface area contributed by atoms with Gasteiger partial charge in [0.05, 0.1) is 25.4 Å². The number of azo groups is 1. The number of aromatic nitrogens is 1. The molecule has 0 spiro atoms. The van der Waals surface area contributed by atoms with Crippen LogP contribution in [0.4, 0.5) is 5.69 Å². The first-order valence-corrected chi connectivity index (χ1v) is 9.75. The molecule has 3 aromatic rings. The Kier molecular flexibility index (Phi) is 5.52. The molecule has 28 heavy (non-hydrogen) atoms. The molecule has 144 valence electrons. The second-order valence-electron chi connectivity index (χ2n) is 6.50. The minimum absolute atomic E-state index is 0.0000444. The topological polar surface area (TPSA) is 79.4 Å². The van der Waals surface area contributed by atoms with Gasteiger partial charge in [-0.15, -0.1) is 10.2 Å². The van der Waals surface area contributed by atoms with E-state index in [2.05, 4.69) is 31.1 Å². The van der Waals surface area contributed by atoms with Crippen molar-refractivity contribution in [2.24, 2.45) is 10.2 Å². The van der Waals surface area contributed by atoms with Gasteiger partial charge >= 0.3 is 0 Å². The fourth-order valence-corrected chi connectivity index (χ4v) is 3.47.